The third kappa shape index (κ3) is 3.72. The molecule has 0 unspecified atom stereocenters. The minimum absolute atomic E-state index is 0.260. The Morgan fingerprint density at radius 2 is 2.00 bits per heavy atom. The molecule has 1 rings (SSSR count). The predicted octanol–water partition coefficient (Wildman–Crippen LogP) is 2.80. The molecule has 0 aliphatic rings. The van der Waals surface area contributed by atoms with Crippen LogP contribution in [0.5, 0.6) is 0 Å². The summed E-state index contributed by atoms with van der Waals surface area (Å²) in [4.78, 5) is 22.4. The van der Waals surface area contributed by atoms with Crippen molar-refractivity contribution in [3.05, 3.63) is 31.3 Å². The molecule has 1 amide bonds. The highest BCUT2D eigenvalue weighted by Gasteiger charge is 2.18. The lowest BCUT2D eigenvalue weighted by Crippen LogP contribution is -2.38. The fraction of sp³-hybridized carbons (Fsp3) is 0.200. The van der Waals surface area contributed by atoms with Gasteiger partial charge in [0.05, 0.1) is 10.6 Å². The summed E-state index contributed by atoms with van der Waals surface area (Å²) in [5.41, 5.74) is 0.260. The van der Waals surface area contributed by atoms with Crippen LogP contribution in [0.4, 0.5) is 0 Å². The van der Waals surface area contributed by atoms with E-state index in [0.29, 0.717) is 13.6 Å². The molecule has 0 saturated heterocycles. The zero-order valence-electron chi connectivity index (χ0n) is 8.63. The van der Waals surface area contributed by atoms with Crippen LogP contribution >= 0.6 is 45.8 Å². The number of carboxylic acid groups (broad SMARTS) is 1. The Bertz CT molecular complexity index is 479. The number of aliphatic carboxylic acids is 1. The van der Waals surface area contributed by atoms with Gasteiger partial charge in [-0.05, 0) is 41.6 Å². The van der Waals surface area contributed by atoms with Gasteiger partial charge in [0.25, 0.3) is 5.91 Å². The van der Waals surface area contributed by atoms with Gasteiger partial charge in [-0.15, -0.1) is 0 Å². The van der Waals surface area contributed by atoms with Gasteiger partial charge in [0.1, 0.15) is 6.04 Å². The number of hydrogen-bond acceptors (Lipinski definition) is 2. The highest BCUT2D eigenvalue weighted by molar-refractivity contribution is 14.1. The van der Waals surface area contributed by atoms with Gasteiger partial charge in [-0.3, -0.25) is 9.59 Å². The lowest BCUT2D eigenvalue weighted by Gasteiger charge is -2.11. The lowest BCUT2D eigenvalue weighted by molar-refractivity contribution is -0.138. The topological polar surface area (TPSA) is 66.4 Å². The first-order valence-electron chi connectivity index (χ1n) is 4.51. The Morgan fingerprint density at radius 3 is 2.53 bits per heavy atom. The molecule has 4 nitrogen and oxygen atoms in total. The van der Waals surface area contributed by atoms with Gasteiger partial charge in [-0.2, -0.15) is 0 Å². The summed E-state index contributed by atoms with van der Waals surface area (Å²) in [6, 6.07) is 1.98. The number of carbonyl (C=O) groups excluding carboxylic acids is 1. The zero-order valence-corrected chi connectivity index (χ0v) is 12.3. The summed E-state index contributed by atoms with van der Waals surface area (Å²) in [5.74, 6) is -1.63. The van der Waals surface area contributed by atoms with Crippen LogP contribution in [-0.2, 0) is 4.79 Å². The van der Waals surface area contributed by atoms with Crippen LogP contribution in [0, 0.1) is 3.57 Å². The molecule has 92 valence electrons. The van der Waals surface area contributed by atoms with E-state index in [1.54, 1.807) is 0 Å². The van der Waals surface area contributed by atoms with E-state index in [0.717, 1.165) is 0 Å². The number of rotatable bonds is 3. The second-order valence-corrected chi connectivity index (χ2v) is 5.20. The van der Waals surface area contributed by atoms with Crippen molar-refractivity contribution in [1.82, 2.24) is 5.32 Å². The fourth-order valence-electron chi connectivity index (χ4n) is 1.06. The molecule has 0 bridgehead atoms. The van der Waals surface area contributed by atoms with Crippen molar-refractivity contribution in [3.8, 4) is 0 Å². The molecule has 7 heteroatoms. The first-order valence-corrected chi connectivity index (χ1v) is 6.34. The minimum Gasteiger partial charge on any atom is -0.480 e. The molecule has 17 heavy (non-hydrogen) atoms. The first kappa shape index (κ1) is 14.5. The number of hydrogen-bond donors (Lipinski definition) is 2. The minimum atomic E-state index is -1.11. The largest absolute Gasteiger partial charge is 0.480 e. The lowest BCUT2D eigenvalue weighted by atomic mass is 10.2. The normalized spacial score (nSPS) is 12.0. The van der Waals surface area contributed by atoms with Crippen molar-refractivity contribution in [2.24, 2.45) is 0 Å². The maximum absolute atomic E-state index is 11.8. The first-order chi connectivity index (χ1) is 7.82. The molecule has 0 aliphatic heterocycles. The Hall–Kier alpha value is -0.530. The van der Waals surface area contributed by atoms with Crippen LogP contribution in [0.25, 0.3) is 0 Å². The van der Waals surface area contributed by atoms with E-state index in [9.17, 15) is 9.59 Å². The molecule has 0 aromatic heterocycles. The average Bonchev–Trinajstić information content (AvgIpc) is 2.22. The van der Waals surface area contributed by atoms with Crippen molar-refractivity contribution in [2.45, 2.75) is 13.0 Å². The second-order valence-electron chi connectivity index (χ2n) is 3.28. The number of carbonyl (C=O) groups is 2. The second kappa shape index (κ2) is 5.88. The molecule has 2 N–H and O–H groups in total. The van der Waals surface area contributed by atoms with Gasteiger partial charge in [0.2, 0.25) is 0 Å². The Morgan fingerprint density at radius 1 is 1.41 bits per heavy atom. The summed E-state index contributed by atoms with van der Waals surface area (Å²) >= 11 is 13.6. The van der Waals surface area contributed by atoms with Crippen LogP contribution < -0.4 is 5.32 Å². The van der Waals surface area contributed by atoms with E-state index in [2.05, 4.69) is 5.32 Å². The summed E-state index contributed by atoms with van der Waals surface area (Å²) in [5, 5.41) is 11.7. The van der Waals surface area contributed by atoms with E-state index < -0.39 is 17.9 Å². The molecule has 1 aromatic rings. The SMILES string of the molecule is C[C@H](NC(=O)c1cc(Cl)cc(Cl)c1I)C(=O)O. The van der Waals surface area contributed by atoms with E-state index in [4.69, 9.17) is 28.3 Å². The molecule has 1 atom stereocenters. The van der Waals surface area contributed by atoms with Gasteiger partial charge < -0.3 is 10.4 Å². The smallest absolute Gasteiger partial charge is 0.325 e. The van der Waals surface area contributed by atoms with Gasteiger partial charge in [0.15, 0.2) is 0 Å². The van der Waals surface area contributed by atoms with Crippen LogP contribution in [0.1, 0.15) is 17.3 Å². The standard InChI is InChI=1S/C10H8Cl2INO3/c1-4(10(16)17)14-9(15)6-2-5(11)3-7(12)8(6)13/h2-4H,1H3,(H,14,15)(H,16,17)/t4-/m0/s1. The van der Waals surface area contributed by atoms with Crippen LogP contribution in [0.3, 0.4) is 0 Å². The van der Waals surface area contributed by atoms with Gasteiger partial charge >= 0.3 is 5.97 Å². The van der Waals surface area contributed by atoms with Gasteiger partial charge in [0, 0.05) is 8.59 Å². The molecular weight excluding hydrogens is 380 g/mol. The zero-order chi connectivity index (χ0) is 13.2. The molecule has 1 aromatic carbocycles. The highest BCUT2D eigenvalue weighted by atomic mass is 127. The fourth-order valence-corrected chi connectivity index (χ4v) is 2.11. The van der Waals surface area contributed by atoms with E-state index >= 15 is 0 Å². The molecule has 0 fully saturated rings. The summed E-state index contributed by atoms with van der Waals surface area (Å²) in [6.07, 6.45) is 0. The average molecular weight is 388 g/mol. The number of carboxylic acids is 1. The molecule has 0 saturated carbocycles. The summed E-state index contributed by atoms with van der Waals surface area (Å²) in [6.45, 7) is 1.37. The Labute approximate surface area is 121 Å². The summed E-state index contributed by atoms with van der Waals surface area (Å²) < 4.78 is 0.531. The van der Waals surface area contributed by atoms with Gasteiger partial charge in [-0.25, -0.2) is 0 Å². The third-order valence-corrected chi connectivity index (χ3v) is 3.95. The van der Waals surface area contributed by atoms with Gasteiger partial charge in [-0.1, -0.05) is 23.2 Å². The number of halogens is 3. The van der Waals surface area contributed by atoms with Crippen LogP contribution in [0.15, 0.2) is 12.1 Å². The van der Waals surface area contributed by atoms with E-state index in [-0.39, 0.29) is 5.56 Å². The van der Waals surface area contributed by atoms with Crippen molar-refractivity contribution in [2.75, 3.05) is 0 Å². The van der Waals surface area contributed by atoms with Crippen LogP contribution in [0.2, 0.25) is 10.0 Å². The Kier molecular flexibility index (Phi) is 5.03. The quantitative estimate of drug-likeness (QED) is 0.619. The molecule has 0 spiro atoms. The Balaban J connectivity index is 3.01. The van der Waals surface area contributed by atoms with E-state index in [1.165, 1.54) is 19.1 Å². The van der Waals surface area contributed by atoms with Crippen molar-refractivity contribution in [3.63, 3.8) is 0 Å². The third-order valence-electron chi connectivity index (χ3n) is 1.96. The highest BCUT2D eigenvalue weighted by Crippen LogP contribution is 2.26. The summed E-state index contributed by atoms with van der Waals surface area (Å²) in [7, 11) is 0. The maximum atomic E-state index is 11.8. The van der Waals surface area contributed by atoms with Crippen molar-refractivity contribution in [1.29, 1.82) is 0 Å². The predicted molar refractivity (Wildman–Crippen MR) is 73.7 cm³/mol. The van der Waals surface area contributed by atoms with Crippen LogP contribution in [-0.4, -0.2) is 23.0 Å². The van der Waals surface area contributed by atoms with Crippen molar-refractivity contribution >= 4 is 57.7 Å². The number of nitrogens with one attached hydrogen (secondary N) is 1. The monoisotopic (exact) mass is 387 g/mol. The van der Waals surface area contributed by atoms with E-state index in [1.807, 2.05) is 22.6 Å². The van der Waals surface area contributed by atoms with Crippen molar-refractivity contribution < 1.29 is 14.7 Å². The molecule has 0 radical (unpaired) electrons. The maximum Gasteiger partial charge on any atom is 0.325 e. The number of amides is 1. The molecule has 0 heterocycles. The number of benzene rings is 1. The molecular formula is C10H8Cl2INO3. The molecule has 0 aliphatic carbocycles.